The van der Waals surface area contributed by atoms with Crippen LogP contribution in [0.25, 0.3) is 10.9 Å². The number of anilines is 1. The zero-order valence-corrected chi connectivity index (χ0v) is 41.0. The predicted molar refractivity (Wildman–Crippen MR) is 258 cm³/mol. The van der Waals surface area contributed by atoms with Crippen molar-refractivity contribution >= 4 is 40.3 Å². The molecule has 2 aliphatic heterocycles. The molecule has 1 saturated carbocycles. The van der Waals surface area contributed by atoms with E-state index >= 15 is 0 Å². The number of carbonyl (C=O) groups is 4. The van der Waals surface area contributed by atoms with Crippen LogP contribution in [0.1, 0.15) is 134 Å². The van der Waals surface area contributed by atoms with E-state index in [1.807, 2.05) is 17.0 Å². The first-order valence-electron chi connectivity index (χ1n) is 25.2. The highest BCUT2D eigenvalue weighted by Crippen LogP contribution is 2.37. The number of likely N-dealkylation sites (tertiary alicyclic amines) is 2. The van der Waals surface area contributed by atoms with Gasteiger partial charge in [-0.25, -0.2) is 9.97 Å². The SMILES string of the molecule is CC(C)N(C)[C@@H]1CC[C@H](N2CC[C@H](Nc3ncnc4ccc(C(F)(F)F)cc34)C2=O)[C@H](NC(=O)CCCCOCCCCCCCCOCCCCNC(=O)[C@H]2CC(=O)N(C)[C@@H]2c2cccnc2)C1. The third-order valence-electron chi connectivity index (χ3n) is 14.2. The van der Waals surface area contributed by atoms with E-state index in [1.165, 1.54) is 12.4 Å². The van der Waals surface area contributed by atoms with Gasteiger partial charge in [-0.05, 0) is 115 Å². The van der Waals surface area contributed by atoms with E-state index in [2.05, 4.69) is 56.7 Å². The minimum atomic E-state index is -4.53. The van der Waals surface area contributed by atoms with Gasteiger partial charge in [-0.3, -0.25) is 24.2 Å². The van der Waals surface area contributed by atoms with Crippen molar-refractivity contribution < 1.29 is 41.8 Å². The largest absolute Gasteiger partial charge is 0.416 e. The molecule has 4 heterocycles. The Labute approximate surface area is 405 Å². The summed E-state index contributed by atoms with van der Waals surface area (Å²) in [5, 5.41) is 9.64. The summed E-state index contributed by atoms with van der Waals surface area (Å²) < 4.78 is 52.3. The quantitative estimate of drug-likeness (QED) is 0.0648. The molecule has 3 aromatic rings. The lowest BCUT2D eigenvalue weighted by molar-refractivity contribution is -0.137. The number of pyridine rings is 1. The van der Waals surface area contributed by atoms with Crippen LogP contribution in [0.15, 0.2) is 49.1 Å². The third kappa shape index (κ3) is 15.3. The minimum absolute atomic E-state index is 0.0325. The number of rotatable bonds is 27. The van der Waals surface area contributed by atoms with E-state index < -0.39 is 23.7 Å². The van der Waals surface area contributed by atoms with E-state index in [0.717, 1.165) is 94.9 Å². The Morgan fingerprint density at radius 3 is 2.28 bits per heavy atom. The van der Waals surface area contributed by atoms with Gasteiger partial charge in [0.2, 0.25) is 23.6 Å². The first-order valence-corrected chi connectivity index (χ1v) is 25.2. The second-order valence-corrected chi connectivity index (χ2v) is 19.3. The minimum Gasteiger partial charge on any atom is -0.381 e. The van der Waals surface area contributed by atoms with Crippen LogP contribution in [0.3, 0.4) is 0 Å². The standard InChI is InChI=1S/C51H74F3N9O6/c1-35(2)61(3)38-19-21-44(63-25-22-42(50(63)67)60-48-39-30-37(51(52,53)54)18-20-41(39)57-34-58-48)43(31-38)59-45(64)17-9-13-28-68-26-11-7-5-6-8-12-27-69-29-14-10-24-56-49(66)40-32-46(65)62(4)47(40)36-16-15-23-55-33-36/h15-16,18,20,23,30,33-35,38,40,42-44,47H,5-14,17,19,21-22,24-29,31-32H2,1-4H3,(H,56,66)(H,59,64)(H,57,58,60)/t38-,40+,42+,43-,44+,47-/m1/s1. The van der Waals surface area contributed by atoms with Crippen LogP contribution < -0.4 is 16.0 Å². The van der Waals surface area contributed by atoms with Gasteiger partial charge in [0.15, 0.2) is 0 Å². The lowest BCUT2D eigenvalue weighted by Gasteiger charge is -2.44. The van der Waals surface area contributed by atoms with Gasteiger partial charge in [-0.2, -0.15) is 13.2 Å². The number of alkyl halides is 3. The summed E-state index contributed by atoms with van der Waals surface area (Å²) in [5.41, 5.74) is 0.413. The Morgan fingerprint density at radius 2 is 1.59 bits per heavy atom. The molecule has 3 N–H and O–H groups in total. The molecule has 15 nitrogen and oxygen atoms in total. The summed E-state index contributed by atoms with van der Waals surface area (Å²) in [5.74, 6) is -0.545. The van der Waals surface area contributed by atoms with Crippen molar-refractivity contribution in [2.45, 2.75) is 159 Å². The zero-order chi connectivity index (χ0) is 49.3. The molecular formula is C51H74F3N9O6. The summed E-state index contributed by atoms with van der Waals surface area (Å²) in [6.45, 7) is 8.02. The Kier molecular flexibility index (Phi) is 20.4. The first-order chi connectivity index (χ1) is 33.2. The van der Waals surface area contributed by atoms with Gasteiger partial charge < -0.3 is 40.1 Å². The molecule has 2 saturated heterocycles. The summed E-state index contributed by atoms with van der Waals surface area (Å²) >= 11 is 0. The topological polar surface area (TPSA) is 171 Å². The van der Waals surface area contributed by atoms with Gasteiger partial charge in [0.05, 0.1) is 35.1 Å². The van der Waals surface area contributed by atoms with Crippen molar-refractivity contribution in [3.05, 3.63) is 60.2 Å². The molecule has 1 aromatic carbocycles. The first kappa shape index (κ1) is 53.4. The third-order valence-corrected chi connectivity index (χ3v) is 14.2. The number of ether oxygens (including phenoxy) is 2. The number of amides is 4. The van der Waals surface area contributed by atoms with Crippen LogP contribution in [-0.2, 0) is 34.8 Å². The lowest BCUT2D eigenvalue weighted by atomic mass is 9.84. The molecule has 0 unspecified atom stereocenters. The highest BCUT2D eigenvalue weighted by molar-refractivity contribution is 5.93. The number of aromatic nitrogens is 3. The number of benzene rings is 1. The molecule has 6 rings (SSSR count). The number of hydrogen-bond donors (Lipinski definition) is 3. The number of halogens is 3. The number of nitrogens with zero attached hydrogens (tertiary/aromatic N) is 6. The molecule has 380 valence electrons. The van der Waals surface area contributed by atoms with E-state index in [-0.39, 0.29) is 65.4 Å². The highest BCUT2D eigenvalue weighted by Gasteiger charge is 2.44. The molecule has 6 atom stereocenters. The van der Waals surface area contributed by atoms with E-state index in [0.29, 0.717) is 70.2 Å². The summed E-state index contributed by atoms with van der Waals surface area (Å²) in [6, 6.07) is 6.23. The summed E-state index contributed by atoms with van der Waals surface area (Å²) in [4.78, 5) is 70.9. The van der Waals surface area contributed by atoms with Crippen LogP contribution in [-0.4, -0.2) is 137 Å². The van der Waals surface area contributed by atoms with Gasteiger partial charge in [-0.1, -0.05) is 31.7 Å². The van der Waals surface area contributed by atoms with E-state index in [4.69, 9.17) is 9.47 Å². The summed E-state index contributed by atoms with van der Waals surface area (Å²) in [7, 11) is 3.84. The monoisotopic (exact) mass is 966 g/mol. The van der Waals surface area contributed by atoms with Gasteiger partial charge in [0.1, 0.15) is 18.2 Å². The zero-order valence-electron chi connectivity index (χ0n) is 41.0. The van der Waals surface area contributed by atoms with E-state index in [9.17, 15) is 32.3 Å². The average Bonchev–Trinajstić information content (AvgIpc) is 3.85. The van der Waals surface area contributed by atoms with Crippen LogP contribution in [0, 0.1) is 5.92 Å². The Balaban J connectivity index is 0.797. The fourth-order valence-electron chi connectivity index (χ4n) is 10.0. The normalized spacial score (nSPS) is 22.0. The van der Waals surface area contributed by atoms with Crippen molar-refractivity contribution in [1.29, 1.82) is 0 Å². The number of unbranched alkanes of at least 4 members (excludes halogenated alkanes) is 7. The predicted octanol–water partition coefficient (Wildman–Crippen LogP) is 7.46. The van der Waals surface area contributed by atoms with Gasteiger partial charge in [0.25, 0.3) is 0 Å². The van der Waals surface area contributed by atoms with Crippen molar-refractivity contribution in [2.24, 2.45) is 5.92 Å². The molecular weight excluding hydrogens is 892 g/mol. The smallest absolute Gasteiger partial charge is 0.381 e. The van der Waals surface area contributed by atoms with Gasteiger partial charge >= 0.3 is 6.18 Å². The molecule has 3 fully saturated rings. The Morgan fingerprint density at radius 1 is 0.899 bits per heavy atom. The molecule has 2 aromatic heterocycles. The fourth-order valence-corrected chi connectivity index (χ4v) is 10.0. The maximum Gasteiger partial charge on any atom is 0.416 e. The van der Waals surface area contributed by atoms with Crippen molar-refractivity contribution in [1.82, 2.24) is 40.3 Å². The molecule has 4 amide bonds. The summed E-state index contributed by atoms with van der Waals surface area (Å²) in [6.07, 6.45) is 13.2. The average molecular weight is 966 g/mol. The molecule has 18 heteroatoms. The van der Waals surface area contributed by atoms with Crippen LogP contribution >= 0.6 is 0 Å². The van der Waals surface area contributed by atoms with Crippen molar-refractivity contribution in [2.75, 3.05) is 58.9 Å². The number of nitrogens with one attached hydrogen (secondary N) is 3. The molecule has 3 aliphatic rings. The Bertz CT molecular complexity index is 2120. The van der Waals surface area contributed by atoms with Crippen molar-refractivity contribution in [3.63, 3.8) is 0 Å². The maximum atomic E-state index is 13.9. The number of hydrogen-bond acceptors (Lipinski definition) is 11. The van der Waals surface area contributed by atoms with E-state index in [1.54, 1.807) is 24.3 Å². The van der Waals surface area contributed by atoms with Gasteiger partial charge in [0, 0.05) is 89.3 Å². The van der Waals surface area contributed by atoms with Gasteiger partial charge in [-0.15, -0.1) is 0 Å². The second kappa shape index (κ2) is 26.3. The molecule has 0 spiro atoms. The Hall–Kier alpha value is -4.94. The van der Waals surface area contributed by atoms with Crippen LogP contribution in [0.4, 0.5) is 19.0 Å². The maximum absolute atomic E-state index is 13.9. The molecule has 69 heavy (non-hydrogen) atoms. The van der Waals surface area contributed by atoms with Crippen LogP contribution in [0.2, 0.25) is 0 Å². The molecule has 0 bridgehead atoms. The number of carbonyl (C=O) groups excluding carboxylic acids is 4. The highest BCUT2D eigenvalue weighted by atomic mass is 19.4. The van der Waals surface area contributed by atoms with Crippen molar-refractivity contribution in [3.8, 4) is 0 Å². The second-order valence-electron chi connectivity index (χ2n) is 19.3. The number of fused-ring (bicyclic) bond motifs is 1. The lowest BCUT2D eigenvalue weighted by Crippen LogP contribution is -2.58. The molecule has 0 radical (unpaired) electrons. The molecule has 1 aliphatic carbocycles. The fraction of sp³-hybridized carbons (Fsp3) is 0.667. The van der Waals surface area contributed by atoms with Crippen LogP contribution in [0.5, 0.6) is 0 Å².